The molecule has 0 saturated heterocycles. The van der Waals surface area contributed by atoms with Gasteiger partial charge in [-0.1, -0.05) is 288 Å². The molecule has 0 rings (SSSR count). The molecule has 6 nitrogen and oxygen atoms in total. The van der Waals surface area contributed by atoms with E-state index in [1.54, 1.807) is 0 Å². The van der Waals surface area contributed by atoms with Gasteiger partial charge in [0.1, 0.15) is 13.2 Å². The lowest BCUT2D eigenvalue weighted by Gasteiger charge is -2.18. The van der Waals surface area contributed by atoms with Crippen molar-refractivity contribution < 1.29 is 28.6 Å². The molecule has 0 spiro atoms. The van der Waals surface area contributed by atoms with Crippen LogP contribution in [0.2, 0.25) is 0 Å². The second-order valence-corrected chi connectivity index (χ2v) is 20.9. The monoisotopic (exact) mass is 1100 g/mol. The van der Waals surface area contributed by atoms with Gasteiger partial charge in [0.2, 0.25) is 0 Å². The normalized spacial score (nSPS) is 13.2. The summed E-state index contributed by atoms with van der Waals surface area (Å²) in [6.07, 6.45) is 96.8. The Bertz CT molecular complexity index is 1790. The van der Waals surface area contributed by atoms with Crippen molar-refractivity contribution in [2.24, 2.45) is 0 Å². The Hall–Kier alpha value is -4.97. The molecule has 1 atom stereocenters. The molecule has 0 amide bonds. The van der Waals surface area contributed by atoms with Crippen LogP contribution in [0, 0.1) is 0 Å². The van der Waals surface area contributed by atoms with E-state index in [0.29, 0.717) is 19.3 Å². The lowest BCUT2D eigenvalue weighted by Crippen LogP contribution is -2.30. The number of rotatable bonds is 57. The van der Waals surface area contributed by atoms with E-state index in [9.17, 15) is 14.4 Å². The minimum atomic E-state index is -0.826. The molecule has 0 heterocycles. The van der Waals surface area contributed by atoms with Crippen LogP contribution in [0.3, 0.4) is 0 Å². The highest BCUT2D eigenvalue weighted by Crippen LogP contribution is 2.15. The van der Waals surface area contributed by atoms with Crippen LogP contribution in [-0.4, -0.2) is 37.2 Å². The number of unbranched alkanes of at least 4 members (excludes halogenated alkanes) is 20. The maximum Gasteiger partial charge on any atom is 0.306 e. The van der Waals surface area contributed by atoms with E-state index in [1.165, 1.54) is 83.5 Å². The molecular formula is C74H118O6. The van der Waals surface area contributed by atoms with Gasteiger partial charge in [-0.15, -0.1) is 0 Å². The number of ether oxygens (including phenoxy) is 3. The number of allylic oxidation sites excluding steroid dienone is 26. The summed E-state index contributed by atoms with van der Waals surface area (Å²) in [6.45, 7) is 6.35. The van der Waals surface area contributed by atoms with Crippen molar-refractivity contribution in [2.45, 2.75) is 277 Å². The lowest BCUT2D eigenvalue weighted by atomic mass is 10.0. The second-order valence-electron chi connectivity index (χ2n) is 20.9. The average molecular weight is 1100 g/mol. The van der Waals surface area contributed by atoms with Crippen LogP contribution in [-0.2, 0) is 28.6 Å². The van der Waals surface area contributed by atoms with E-state index in [2.05, 4.69) is 179 Å². The first-order valence-electron chi connectivity index (χ1n) is 32.5. The minimum absolute atomic E-state index is 0.113. The van der Waals surface area contributed by atoms with Crippen LogP contribution < -0.4 is 0 Å². The molecule has 450 valence electrons. The van der Waals surface area contributed by atoms with Gasteiger partial charge in [-0.2, -0.15) is 0 Å². The standard InChI is InChI=1S/C74H118O6/c1-4-7-10-13-16-19-22-25-28-31-32-33-34-35-36-37-38-39-40-41-42-44-46-49-52-55-58-61-64-67-73(76)79-70-71(69-78-72(75)66-63-60-57-54-51-48-45-30-27-24-21-18-15-12-9-6-3)80-74(77)68-65-62-59-56-53-50-47-43-29-26-23-20-17-14-11-8-5-2/h7-8,10-11,16-17,19-20,25-26,28-29,32-33,35-36,38-39,41-42,46-47,49-50,56,59,71H,4-6,9,12-15,18,21-24,27,30-31,34,37,40,43-45,48,51-55,57-58,60-70H2,1-3H3/b10-7-,11-8-,19-16-,20-17-,28-25-,29-26-,33-32-,36-35-,39-38-,42-41-,49-46-,50-47-,59-56-. The zero-order valence-corrected chi connectivity index (χ0v) is 51.5. The molecule has 0 aromatic carbocycles. The fraction of sp³-hybridized carbons (Fsp3) is 0.608. The Morgan fingerprint density at radius 3 is 0.800 bits per heavy atom. The van der Waals surface area contributed by atoms with Gasteiger partial charge in [0, 0.05) is 19.3 Å². The van der Waals surface area contributed by atoms with Crippen LogP contribution in [0.1, 0.15) is 271 Å². The van der Waals surface area contributed by atoms with Crippen molar-refractivity contribution in [3.05, 3.63) is 158 Å². The lowest BCUT2D eigenvalue weighted by molar-refractivity contribution is -0.167. The van der Waals surface area contributed by atoms with Gasteiger partial charge in [-0.25, -0.2) is 0 Å². The number of hydrogen-bond acceptors (Lipinski definition) is 6. The van der Waals surface area contributed by atoms with Crippen molar-refractivity contribution in [2.75, 3.05) is 13.2 Å². The molecule has 0 aliphatic heterocycles. The number of carbonyl (C=O) groups excluding carboxylic acids is 3. The van der Waals surface area contributed by atoms with Gasteiger partial charge in [0.25, 0.3) is 0 Å². The highest BCUT2D eigenvalue weighted by Gasteiger charge is 2.19. The number of carbonyl (C=O) groups is 3. The predicted molar refractivity (Wildman–Crippen MR) is 348 cm³/mol. The summed E-state index contributed by atoms with van der Waals surface area (Å²) in [6, 6.07) is 0. The Labute approximate surface area is 492 Å². The third kappa shape index (κ3) is 63.9. The molecule has 0 aromatic heterocycles. The largest absolute Gasteiger partial charge is 0.462 e. The quantitative estimate of drug-likeness (QED) is 0.0261. The Morgan fingerprint density at radius 1 is 0.263 bits per heavy atom. The van der Waals surface area contributed by atoms with Crippen molar-refractivity contribution >= 4 is 17.9 Å². The predicted octanol–water partition coefficient (Wildman–Crippen LogP) is 22.5. The highest BCUT2D eigenvalue weighted by atomic mass is 16.6. The average Bonchev–Trinajstić information content (AvgIpc) is 3.46. The molecule has 0 aromatic rings. The first kappa shape index (κ1) is 75.0. The smallest absolute Gasteiger partial charge is 0.306 e. The van der Waals surface area contributed by atoms with E-state index in [4.69, 9.17) is 14.2 Å². The summed E-state index contributed by atoms with van der Waals surface area (Å²) in [4.78, 5) is 38.3. The second kappa shape index (κ2) is 66.5. The zero-order valence-electron chi connectivity index (χ0n) is 51.5. The molecule has 6 heteroatoms. The molecule has 80 heavy (non-hydrogen) atoms. The van der Waals surface area contributed by atoms with E-state index in [-0.39, 0.29) is 37.5 Å². The fourth-order valence-electron chi connectivity index (χ4n) is 8.49. The van der Waals surface area contributed by atoms with Gasteiger partial charge in [0.15, 0.2) is 6.10 Å². The minimum Gasteiger partial charge on any atom is -0.462 e. The Kier molecular flexibility index (Phi) is 62.4. The molecule has 0 bridgehead atoms. The summed E-state index contributed by atoms with van der Waals surface area (Å²) >= 11 is 0. The van der Waals surface area contributed by atoms with E-state index < -0.39 is 6.10 Å². The van der Waals surface area contributed by atoms with Gasteiger partial charge in [-0.3, -0.25) is 14.4 Å². The van der Waals surface area contributed by atoms with Gasteiger partial charge < -0.3 is 14.2 Å². The molecule has 0 radical (unpaired) electrons. The maximum absolute atomic E-state index is 12.9. The zero-order chi connectivity index (χ0) is 57.8. The van der Waals surface area contributed by atoms with Crippen LogP contribution >= 0.6 is 0 Å². The summed E-state index contributed by atoms with van der Waals surface area (Å²) < 4.78 is 16.9. The molecule has 0 saturated carbocycles. The van der Waals surface area contributed by atoms with Crippen LogP contribution in [0.4, 0.5) is 0 Å². The van der Waals surface area contributed by atoms with Gasteiger partial charge in [-0.05, 0) is 122 Å². The van der Waals surface area contributed by atoms with Crippen LogP contribution in [0.15, 0.2) is 158 Å². The third-order valence-corrected chi connectivity index (χ3v) is 13.3. The van der Waals surface area contributed by atoms with Crippen molar-refractivity contribution in [3.8, 4) is 0 Å². The summed E-state index contributed by atoms with van der Waals surface area (Å²) in [7, 11) is 0. The molecule has 1 unspecified atom stereocenters. The topological polar surface area (TPSA) is 78.9 Å². The fourth-order valence-corrected chi connectivity index (χ4v) is 8.49. The third-order valence-electron chi connectivity index (χ3n) is 13.3. The summed E-state index contributed by atoms with van der Waals surface area (Å²) in [5.41, 5.74) is 0. The first-order chi connectivity index (χ1) is 39.5. The molecule has 0 aliphatic carbocycles. The van der Waals surface area contributed by atoms with E-state index in [0.717, 1.165) is 141 Å². The SMILES string of the molecule is CC/C=C\C/C=C\C/C=C\C/C=C\C/C=C\C/C=C\C/C=C\C/C=C\CCCCCCC(=O)OCC(COC(=O)CCCCCCCCCCCCCCCCCC)OC(=O)CCC/C=C\C/C=C\C/C=C\C/C=C\C/C=C\CC. The van der Waals surface area contributed by atoms with Gasteiger partial charge >= 0.3 is 17.9 Å². The van der Waals surface area contributed by atoms with Crippen LogP contribution in [0.25, 0.3) is 0 Å². The molecule has 0 aliphatic rings. The highest BCUT2D eigenvalue weighted by molar-refractivity contribution is 5.71. The molecular weight excluding hydrogens is 985 g/mol. The summed E-state index contributed by atoms with van der Waals surface area (Å²) in [5.74, 6) is -0.998. The van der Waals surface area contributed by atoms with Crippen molar-refractivity contribution in [3.63, 3.8) is 0 Å². The number of hydrogen-bond donors (Lipinski definition) is 0. The Morgan fingerprint density at radius 2 is 0.500 bits per heavy atom. The Balaban J connectivity index is 4.48. The first-order valence-corrected chi connectivity index (χ1v) is 32.5. The van der Waals surface area contributed by atoms with Crippen molar-refractivity contribution in [1.29, 1.82) is 0 Å². The maximum atomic E-state index is 12.9. The van der Waals surface area contributed by atoms with E-state index >= 15 is 0 Å². The molecule has 0 fully saturated rings. The number of esters is 3. The van der Waals surface area contributed by atoms with Crippen molar-refractivity contribution in [1.82, 2.24) is 0 Å². The van der Waals surface area contributed by atoms with E-state index in [1.807, 2.05) is 0 Å². The van der Waals surface area contributed by atoms with Gasteiger partial charge in [0.05, 0.1) is 0 Å². The van der Waals surface area contributed by atoms with Crippen LogP contribution in [0.5, 0.6) is 0 Å². The summed E-state index contributed by atoms with van der Waals surface area (Å²) in [5, 5.41) is 0. The molecule has 0 N–H and O–H groups in total.